The highest BCUT2D eigenvalue weighted by Gasteiger charge is 2.28. The Morgan fingerprint density at radius 2 is 1.81 bits per heavy atom. The molecule has 1 aliphatic carbocycles. The Bertz CT molecular complexity index is 1280. The molecule has 5 heteroatoms. The fourth-order valence-electron chi connectivity index (χ4n) is 3.32. The van der Waals surface area contributed by atoms with E-state index in [9.17, 15) is 9.59 Å². The third-order valence-corrected chi connectivity index (χ3v) is 4.60. The second kappa shape index (κ2) is 5.46. The molecule has 1 atom stereocenters. The van der Waals surface area contributed by atoms with Crippen LogP contribution in [0.4, 0.5) is 0 Å². The zero-order valence-electron chi connectivity index (χ0n) is 13.5. The first kappa shape index (κ1) is 14.7. The molecule has 5 rings (SSSR count). The van der Waals surface area contributed by atoms with Crippen LogP contribution in [0.5, 0.6) is 0 Å². The molecular formula is C21H12N2O3. The lowest BCUT2D eigenvalue weighted by molar-refractivity contribution is -0.118. The van der Waals surface area contributed by atoms with Crippen LogP contribution in [0.3, 0.4) is 0 Å². The Hall–Kier alpha value is -3.60. The van der Waals surface area contributed by atoms with Crippen LogP contribution in [0.1, 0.15) is 5.56 Å². The summed E-state index contributed by atoms with van der Waals surface area (Å²) in [5.41, 5.74) is 0.708. The Labute approximate surface area is 147 Å². The summed E-state index contributed by atoms with van der Waals surface area (Å²) in [7, 11) is 0. The van der Waals surface area contributed by atoms with Crippen molar-refractivity contribution in [2.24, 2.45) is 15.9 Å². The molecule has 2 heterocycles. The summed E-state index contributed by atoms with van der Waals surface area (Å²) >= 11 is 0. The van der Waals surface area contributed by atoms with E-state index in [1.807, 2.05) is 36.4 Å². The fourth-order valence-corrected chi connectivity index (χ4v) is 3.32. The Morgan fingerprint density at radius 3 is 2.73 bits per heavy atom. The molecule has 1 aliphatic heterocycles. The van der Waals surface area contributed by atoms with Gasteiger partial charge in [-0.25, -0.2) is 9.79 Å². The van der Waals surface area contributed by atoms with Crippen molar-refractivity contribution < 1.29 is 9.21 Å². The predicted molar refractivity (Wildman–Crippen MR) is 101 cm³/mol. The van der Waals surface area contributed by atoms with Gasteiger partial charge in [0, 0.05) is 5.39 Å². The minimum Gasteiger partial charge on any atom is -0.422 e. The van der Waals surface area contributed by atoms with E-state index in [2.05, 4.69) is 9.98 Å². The van der Waals surface area contributed by atoms with Crippen LogP contribution in [0, 0.1) is 5.92 Å². The standard InChI is InChI=1S/C21H12N2O3/c24-20-14-7-3-4-8-17(14)22-19(23-20)16-11-15-13-6-2-1-5-12(13)9-10-18(15)26-21(16)25/h1-11,14H. The number of benzene rings is 2. The highest BCUT2D eigenvalue weighted by molar-refractivity contribution is 6.25. The minimum atomic E-state index is -0.558. The SMILES string of the molecule is O=C1N=C(c2cc3c(ccc4ccccc43)oc2=O)N=C2C=CC=CC12. The molecule has 0 saturated carbocycles. The van der Waals surface area contributed by atoms with E-state index in [0.29, 0.717) is 11.3 Å². The third-order valence-electron chi connectivity index (χ3n) is 4.60. The summed E-state index contributed by atoms with van der Waals surface area (Å²) in [5.74, 6) is -0.704. The van der Waals surface area contributed by atoms with Crippen molar-refractivity contribution in [2.75, 3.05) is 0 Å². The molecular weight excluding hydrogens is 328 g/mol. The first-order valence-electron chi connectivity index (χ1n) is 8.23. The van der Waals surface area contributed by atoms with E-state index in [1.54, 1.807) is 30.4 Å². The molecule has 1 amide bonds. The summed E-state index contributed by atoms with van der Waals surface area (Å²) in [6.07, 6.45) is 7.10. The largest absolute Gasteiger partial charge is 0.422 e. The van der Waals surface area contributed by atoms with Crippen molar-refractivity contribution in [2.45, 2.75) is 0 Å². The lowest BCUT2D eigenvalue weighted by Crippen LogP contribution is -2.29. The first-order chi connectivity index (χ1) is 12.7. The molecule has 0 spiro atoms. The number of carbonyl (C=O) groups is 1. The number of allylic oxidation sites excluding steroid dienone is 3. The molecule has 0 bridgehead atoms. The van der Waals surface area contributed by atoms with E-state index in [1.165, 1.54) is 0 Å². The van der Waals surface area contributed by atoms with Crippen molar-refractivity contribution in [1.29, 1.82) is 0 Å². The molecule has 124 valence electrons. The second-order valence-corrected chi connectivity index (χ2v) is 6.18. The second-order valence-electron chi connectivity index (χ2n) is 6.18. The van der Waals surface area contributed by atoms with Crippen LogP contribution in [-0.2, 0) is 4.79 Å². The molecule has 0 radical (unpaired) electrons. The number of nitrogens with zero attached hydrogens (tertiary/aromatic N) is 2. The summed E-state index contributed by atoms with van der Waals surface area (Å²) in [6, 6.07) is 13.2. The maximum Gasteiger partial charge on any atom is 0.347 e. The van der Waals surface area contributed by atoms with Gasteiger partial charge in [-0.3, -0.25) is 4.79 Å². The predicted octanol–water partition coefficient (Wildman–Crippen LogP) is 3.42. The van der Waals surface area contributed by atoms with Crippen LogP contribution in [0.15, 0.2) is 86.0 Å². The molecule has 0 fully saturated rings. The number of rotatable bonds is 1. The number of amidine groups is 1. The van der Waals surface area contributed by atoms with Crippen molar-refractivity contribution in [3.05, 3.63) is 82.8 Å². The molecule has 26 heavy (non-hydrogen) atoms. The summed E-state index contributed by atoms with van der Waals surface area (Å²) in [5, 5.41) is 2.78. The first-order valence-corrected chi connectivity index (χ1v) is 8.23. The van der Waals surface area contributed by atoms with Gasteiger partial charge in [-0.05, 0) is 29.0 Å². The number of fused-ring (bicyclic) bond motifs is 4. The molecule has 1 unspecified atom stereocenters. The van der Waals surface area contributed by atoms with E-state index in [0.717, 1.165) is 16.2 Å². The van der Waals surface area contributed by atoms with Gasteiger partial charge in [0.05, 0.1) is 5.71 Å². The van der Waals surface area contributed by atoms with Gasteiger partial charge in [-0.1, -0.05) is 48.6 Å². The number of hydrogen-bond donors (Lipinski definition) is 0. The van der Waals surface area contributed by atoms with Crippen molar-refractivity contribution >= 4 is 39.2 Å². The Morgan fingerprint density at radius 1 is 0.923 bits per heavy atom. The molecule has 3 aromatic rings. The van der Waals surface area contributed by atoms with Gasteiger partial charge < -0.3 is 4.42 Å². The fraction of sp³-hybridized carbons (Fsp3) is 0.0476. The van der Waals surface area contributed by atoms with Gasteiger partial charge in [0.2, 0.25) is 0 Å². The summed E-state index contributed by atoms with van der Waals surface area (Å²) in [4.78, 5) is 33.2. The molecule has 0 N–H and O–H groups in total. The van der Waals surface area contributed by atoms with Gasteiger partial charge in [0.15, 0.2) is 5.84 Å². The quantitative estimate of drug-likeness (QED) is 0.503. The van der Waals surface area contributed by atoms with Crippen LogP contribution in [0.25, 0.3) is 21.7 Å². The van der Waals surface area contributed by atoms with E-state index in [4.69, 9.17) is 4.42 Å². The monoisotopic (exact) mass is 340 g/mol. The van der Waals surface area contributed by atoms with E-state index in [-0.39, 0.29) is 17.3 Å². The number of aliphatic imine (C=N–C) groups is 2. The Kier molecular flexibility index (Phi) is 3.09. The van der Waals surface area contributed by atoms with E-state index >= 15 is 0 Å². The van der Waals surface area contributed by atoms with Crippen molar-refractivity contribution in [3.63, 3.8) is 0 Å². The van der Waals surface area contributed by atoms with Gasteiger partial charge in [-0.2, -0.15) is 4.99 Å². The average Bonchev–Trinajstić information content (AvgIpc) is 2.67. The maximum absolute atomic E-state index is 12.5. The highest BCUT2D eigenvalue weighted by atomic mass is 16.4. The maximum atomic E-state index is 12.5. The van der Waals surface area contributed by atoms with Gasteiger partial charge >= 0.3 is 5.63 Å². The minimum absolute atomic E-state index is 0.102. The van der Waals surface area contributed by atoms with Gasteiger partial charge in [0.1, 0.15) is 17.1 Å². The summed E-state index contributed by atoms with van der Waals surface area (Å²) in [6.45, 7) is 0. The topological polar surface area (TPSA) is 72.0 Å². The van der Waals surface area contributed by atoms with Crippen LogP contribution in [-0.4, -0.2) is 17.5 Å². The number of carbonyl (C=O) groups excluding carboxylic acids is 1. The van der Waals surface area contributed by atoms with Crippen LogP contribution >= 0.6 is 0 Å². The Balaban J connectivity index is 1.76. The zero-order chi connectivity index (χ0) is 17.7. The summed E-state index contributed by atoms with van der Waals surface area (Å²) < 4.78 is 5.48. The van der Waals surface area contributed by atoms with Gasteiger partial charge in [0.25, 0.3) is 5.91 Å². The average molecular weight is 340 g/mol. The molecule has 0 saturated heterocycles. The number of amides is 1. The number of hydrogen-bond acceptors (Lipinski definition) is 4. The molecule has 5 nitrogen and oxygen atoms in total. The van der Waals surface area contributed by atoms with Crippen LogP contribution in [0.2, 0.25) is 0 Å². The van der Waals surface area contributed by atoms with Gasteiger partial charge in [-0.15, -0.1) is 0 Å². The molecule has 2 aliphatic rings. The van der Waals surface area contributed by atoms with Crippen molar-refractivity contribution in [3.8, 4) is 0 Å². The lowest BCUT2D eigenvalue weighted by atomic mass is 9.96. The van der Waals surface area contributed by atoms with Crippen LogP contribution < -0.4 is 5.63 Å². The lowest BCUT2D eigenvalue weighted by Gasteiger charge is -2.17. The van der Waals surface area contributed by atoms with E-state index < -0.39 is 11.5 Å². The normalized spacial score (nSPS) is 18.8. The third kappa shape index (κ3) is 2.18. The molecule has 1 aromatic heterocycles. The smallest absolute Gasteiger partial charge is 0.347 e. The highest BCUT2D eigenvalue weighted by Crippen LogP contribution is 2.26. The molecule has 2 aromatic carbocycles. The van der Waals surface area contributed by atoms with Crippen molar-refractivity contribution in [1.82, 2.24) is 0 Å². The zero-order valence-corrected chi connectivity index (χ0v) is 13.5.